The maximum atomic E-state index is 14.0. The highest BCUT2D eigenvalue weighted by Crippen LogP contribution is 2.42. The number of Topliss-reactive ketones (excluding diaryl/α,β-unsaturated/α-hetero) is 1. The summed E-state index contributed by atoms with van der Waals surface area (Å²) >= 11 is 0. The zero-order valence-corrected chi connectivity index (χ0v) is 15.5. The van der Waals surface area contributed by atoms with E-state index in [0.29, 0.717) is 12.8 Å². The van der Waals surface area contributed by atoms with Crippen LogP contribution in [0.2, 0.25) is 0 Å². The van der Waals surface area contributed by atoms with Gasteiger partial charge in [-0.05, 0) is 32.3 Å². The van der Waals surface area contributed by atoms with Crippen molar-refractivity contribution < 1.29 is 37.0 Å². The number of carbonyl (C=O) groups is 2. The lowest BCUT2D eigenvalue weighted by atomic mass is 9.69. The SMILES string of the molecule is CCOC(=O)C(C=NC1(C(C)CO)CCC1)C(=O)c1cc(F)c(F)c(F)c1F. The van der Waals surface area contributed by atoms with Gasteiger partial charge in [0, 0.05) is 18.7 Å². The molecule has 2 atom stereocenters. The fraction of sp³-hybridized carbons (Fsp3) is 0.526. The van der Waals surface area contributed by atoms with E-state index in [4.69, 9.17) is 4.74 Å². The van der Waals surface area contributed by atoms with Crippen LogP contribution in [0.25, 0.3) is 0 Å². The average molecular weight is 403 g/mol. The quantitative estimate of drug-likeness (QED) is 0.138. The Morgan fingerprint density at radius 1 is 1.25 bits per heavy atom. The van der Waals surface area contributed by atoms with E-state index in [1.54, 1.807) is 6.92 Å². The van der Waals surface area contributed by atoms with E-state index < -0.39 is 52.0 Å². The lowest BCUT2D eigenvalue weighted by molar-refractivity contribution is -0.144. The second-order valence-electron chi connectivity index (χ2n) is 6.76. The number of hydrogen-bond donors (Lipinski definition) is 1. The van der Waals surface area contributed by atoms with Crippen molar-refractivity contribution in [2.24, 2.45) is 16.8 Å². The molecule has 1 fully saturated rings. The molecule has 28 heavy (non-hydrogen) atoms. The Labute approximate surface area is 159 Å². The predicted molar refractivity (Wildman–Crippen MR) is 92.1 cm³/mol. The highest BCUT2D eigenvalue weighted by molar-refractivity contribution is 6.18. The van der Waals surface area contributed by atoms with Crippen molar-refractivity contribution in [1.29, 1.82) is 0 Å². The van der Waals surface area contributed by atoms with Gasteiger partial charge in [0.15, 0.2) is 35.0 Å². The molecule has 0 saturated heterocycles. The van der Waals surface area contributed by atoms with Gasteiger partial charge in [-0.2, -0.15) is 0 Å². The number of aliphatic hydroxyl groups excluding tert-OH is 1. The zero-order valence-electron chi connectivity index (χ0n) is 15.5. The highest BCUT2D eigenvalue weighted by atomic mass is 19.2. The molecule has 9 heteroatoms. The molecule has 1 aliphatic carbocycles. The number of rotatable bonds is 8. The number of aliphatic imine (C=N–C) groups is 1. The van der Waals surface area contributed by atoms with Crippen molar-refractivity contribution in [3.8, 4) is 0 Å². The molecular formula is C19H21F4NO4. The molecule has 0 radical (unpaired) electrons. The van der Waals surface area contributed by atoms with Gasteiger partial charge in [-0.3, -0.25) is 14.6 Å². The number of ether oxygens (including phenoxy) is 1. The van der Waals surface area contributed by atoms with Crippen molar-refractivity contribution in [2.45, 2.75) is 38.6 Å². The van der Waals surface area contributed by atoms with E-state index in [1.807, 2.05) is 0 Å². The van der Waals surface area contributed by atoms with Crippen LogP contribution < -0.4 is 0 Å². The summed E-state index contributed by atoms with van der Waals surface area (Å²) in [4.78, 5) is 29.1. The van der Waals surface area contributed by atoms with Crippen molar-refractivity contribution >= 4 is 18.0 Å². The first-order valence-electron chi connectivity index (χ1n) is 8.88. The Balaban J connectivity index is 2.43. The summed E-state index contributed by atoms with van der Waals surface area (Å²) in [5.74, 6) is -12.3. The molecule has 0 heterocycles. The summed E-state index contributed by atoms with van der Waals surface area (Å²) in [5, 5.41) is 9.40. The number of nitrogens with zero attached hydrogens (tertiary/aromatic N) is 1. The van der Waals surface area contributed by atoms with Gasteiger partial charge in [0.25, 0.3) is 0 Å². The topological polar surface area (TPSA) is 76.0 Å². The average Bonchev–Trinajstić information content (AvgIpc) is 2.64. The summed E-state index contributed by atoms with van der Waals surface area (Å²) in [6.45, 7) is 2.97. The first-order chi connectivity index (χ1) is 13.2. The Hall–Kier alpha value is -2.29. The number of ketones is 1. The number of carbonyl (C=O) groups excluding carboxylic acids is 2. The Morgan fingerprint density at radius 3 is 2.39 bits per heavy atom. The van der Waals surface area contributed by atoms with Crippen LogP contribution in [0.5, 0.6) is 0 Å². The van der Waals surface area contributed by atoms with E-state index in [0.717, 1.165) is 12.6 Å². The first kappa shape index (κ1) is 22.0. The number of benzene rings is 1. The van der Waals surface area contributed by atoms with Crippen molar-refractivity contribution in [2.75, 3.05) is 13.2 Å². The van der Waals surface area contributed by atoms with Crippen molar-refractivity contribution in [1.82, 2.24) is 0 Å². The minimum absolute atomic E-state index is 0.0940. The number of esters is 1. The number of hydrogen-bond acceptors (Lipinski definition) is 5. The Kier molecular flexibility index (Phi) is 6.92. The van der Waals surface area contributed by atoms with Crippen LogP contribution in [-0.2, 0) is 9.53 Å². The van der Waals surface area contributed by atoms with Crippen LogP contribution in [-0.4, -0.2) is 41.8 Å². The van der Waals surface area contributed by atoms with Crippen molar-refractivity contribution in [3.63, 3.8) is 0 Å². The second-order valence-corrected chi connectivity index (χ2v) is 6.76. The number of aliphatic hydroxyl groups is 1. The van der Waals surface area contributed by atoms with Gasteiger partial charge >= 0.3 is 5.97 Å². The molecule has 0 amide bonds. The first-order valence-corrected chi connectivity index (χ1v) is 8.88. The van der Waals surface area contributed by atoms with E-state index >= 15 is 0 Å². The third kappa shape index (κ3) is 4.09. The molecule has 0 spiro atoms. The predicted octanol–water partition coefficient (Wildman–Crippen LogP) is 3.23. The fourth-order valence-electron chi connectivity index (χ4n) is 3.07. The summed E-state index contributed by atoms with van der Waals surface area (Å²) < 4.78 is 58.9. The Bertz CT molecular complexity index is 793. The van der Waals surface area contributed by atoms with Crippen LogP contribution in [0, 0.1) is 35.1 Å². The van der Waals surface area contributed by atoms with Crippen LogP contribution >= 0.6 is 0 Å². The van der Waals surface area contributed by atoms with Gasteiger partial charge in [-0.15, -0.1) is 0 Å². The smallest absolute Gasteiger partial charge is 0.322 e. The molecular weight excluding hydrogens is 382 g/mol. The van der Waals surface area contributed by atoms with Crippen molar-refractivity contribution in [3.05, 3.63) is 34.9 Å². The second kappa shape index (κ2) is 8.81. The zero-order chi connectivity index (χ0) is 21.1. The van der Waals surface area contributed by atoms with Gasteiger partial charge in [0.2, 0.25) is 0 Å². The molecule has 0 aromatic heterocycles. The third-order valence-electron chi connectivity index (χ3n) is 5.08. The minimum Gasteiger partial charge on any atom is -0.465 e. The molecule has 0 bridgehead atoms. The molecule has 1 aromatic rings. The summed E-state index contributed by atoms with van der Waals surface area (Å²) in [6, 6.07) is 0.200. The standard InChI is InChI=1S/C19H21F4NO4/c1-3-28-18(27)12(8-24-19(5-4-6-19)10(2)9-25)17(26)11-7-13(20)15(22)16(23)14(11)21/h7-8,10,12,25H,3-6,9H2,1-2H3. The van der Waals surface area contributed by atoms with Crippen LogP contribution in [0.1, 0.15) is 43.5 Å². The van der Waals surface area contributed by atoms with E-state index in [9.17, 15) is 32.3 Å². The molecule has 2 unspecified atom stereocenters. The fourth-order valence-corrected chi connectivity index (χ4v) is 3.07. The van der Waals surface area contributed by atoms with Crippen LogP contribution in [0.3, 0.4) is 0 Å². The summed E-state index contributed by atoms with van der Waals surface area (Å²) in [6.07, 6.45) is 3.03. The molecule has 1 N–H and O–H groups in total. The van der Waals surface area contributed by atoms with Gasteiger partial charge in [-0.1, -0.05) is 6.92 Å². The monoisotopic (exact) mass is 403 g/mol. The molecule has 2 rings (SSSR count). The lowest BCUT2D eigenvalue weighted by Crippen LogP contribution is -2.44. The van der Waals surface area contributed by atoms with E-state index in [-0.39, 0.29) is 25.2 Å². The Morgan fingerprint density at radius 2 is 1.89 bits per heavy atom. The third-order valence-corrected chi connectivity index (χ3v) is 5.08. The normalized spacial score (nSPS) is 17.8. The van der Waals surface area contributed by atoms with E-state index in [2.05, 4.69) is 4.99 Å². The maximum Gasteiger partial charge on any atom is 0.322 e. The van der Waals surface area contributed by atoms with Crippen LogP contribution in [0.4, 0.5) is 17.6 Å². The molecule has 5 nitrogen and oxygen atoms in total. The van der Waals surface area contributed by atoms with Gasteiger partial charge in [0.1, 0.15) is 0 Å². The number of halogens is 4. The highest BCUT2D eigenvalue weighted by Gasteiger charge is 2.42. The van der Waals surface area contributed by atoms with Gasteiger partial charge < -0.3 is 9.84 Å². The summed E-state index contributed by atoms with van der Waals surface area (Å²) in [5.41, 5.74) is -1.80. The lowest BCUT2D eigenvalue weighted by Gasteiger charge is -2.42. The van der Waals surface area contributed by atoms with Gasteiger partial charge in [0.05, 0.1) is 17.7 Å². The maximum absolute atomic E-state index is 14.0. The molecule has 1 saturated carbocycles. The minimum atomic E-state index is -2.15. The molecule has 1 aromatic carbocycles. The molecule has 154 valence electrons. The largest absolute Gasteiger partial charge is 0.465 e. The van der Waals surface area contributed by atoms with Crippen LogP contribution in [0.15, 0.2) is 11.1 Å². The molecule has 1 aliphatic rings. The van der Waals surface area contributed by atoms with E-state index in [1.165, 1.54) is 6.92 Å². The van der Waals surface area contributed by atoms with Gasteiger partial charge in [-0.25, -0.2) is 17.6 Å². The summed E-state index contributed by atoms with van der Waals surface area (Å²) in [7, 11) is 0. The molecule has 0 aliphatic heterocycles.